The first-order chi connectivity index (χ1) is 14.9. The molecular weight excluding hydrogens is 392 g/mol. The first kappa shape index (κ1) is 20.8. The Balaban J connectivity index is 1.28. The summed E-state index contributed by atoms with van der Waals surface area (Å²) in [6, 6.07) is 2.37. The smallest absolute Gasteiger partial charge is 0.255 e. The van der Waals surface area contributed by atoms with Gasteiger partial charge in [0.15, 0.2) is 5.65 Å². The zero-order chi connectivity index (χ0) is 21.7. The molecule has 1 aliphatic carbocycles. The van der Waals surface area contributed by atoms with Crippen LogP contribution in [0.5, 0.6) is 0 Å². The number of likely N-dealkylation sites (N-methyl/N-ethyl adjacent to an activating group) is 1. The van der Waals surface area contributed by atoms with E-state index in [4.69, 9.17) is 0 Å². The van der Waals surface area contributed by atoms with Crippen molar-refractivity contribution in [3.05, 3.63) is 24.2 Å². The zero-order valence-corrected chi connectivity index (χ0v) is 18.8. The summed E-state index contributed by atoms with van der Waals surface area (Å²) in [7, 11) is 2.16. The maximum Gasteiger partial charge on any atom is 0.255 e. The number of likely N-dealkylation sites (tertiary alicyclic amines) is 1. The lowest BCUT2D eigenvalue weighted by atomic mass is 9.77. The van der Waals surface area contributed by atoms with E-state index < -0.39 is 0 Å². The Morgan fingerprint density at radius 2 is 1.81 bits per heavy atom. The van der Waals surface area contributed by atoms with Gasteiger partial charge in [-0.3, -0.25) is 9.69 Å². The average molecular weight is 427 g/mol. The predicted octanol–water partition coefficient (Wildman–Crippen LogP) is 1.47. The van der Waals surface area contributed by atoms with Gasteiger partial charge < -0.3 is 19.5 Å². The first-order valence-corrected chi connectivity index (χ1v) is 11.6. The molecule has 0 aromatic carbocycles. The highest BCUT2D eigenvalue weighted by atomic mass is 16.3. The molecule has 31 heavy (non-hydrogen) atoms. The normalized spacial score (nSPS) is 30.3. The van der Waals surface area contributed by atoms with Crippen LogP contribution in [0, 0.1) is 11.8 Å². The number of hydrogen-bond acceptors (Lipinski definition) is 6. The van der Waals surface area contributed by atoms with Crippen molar-refractivity contribution in [3.8, 4) is 0 Å². The van der Waals surface area contributed by atoms with Gasteiger partial charge in [0.2, 0.25) is 0 Å². The summed E-state index contributed by atoms with van der Waals surface area (Å²) in [5.41, 5.74) is 2.19. The van der Waals surface area contributed by atoms with Crippen LogP contribution in [0.2, 0.25) is 0 Å². The van der Waals surface area contributed by atoms with Crippen molar-refractivity contribution in [2.24, 2.45) is 11.8 Å². The fraction of sp³-hybridized carbons (Fsp3) is 0.696. The maximum absolute atomic E-state index is 13.2. The number of pyridine rings is 1. The Morgan fingerprint density at radius 1 is 1.10 bits per heavy atom. The highest BCUT2D eigenvalue weighted by molar-refractivity contribution is 5.96. The third-order valence-electron chi connectivity index (χ3n) is 7.62. The predicted molar refractivity (Wildman–Crippen MR) is 119 cm³/mol. The zero-order valence-electron chi connectivity index (χ0n) is 18.8. The van der Waals surface area contributed by atoms with Gasteiger partial charge in [-0.1, -0.05) is 0 Å². The quantitative estimate of drug-likeness (QED) is 0.801. The molecule has 8 heteroatoms. The summed E-state index contributed by atoms with van der Waals surface area (Å²) < 4.78 is 2.02. The van der Waals surface area contributed by atoms with E-state index in [1.54, 1.807) is 12.5 Å². The first-order valence-electron chi connectivity index (χ1n) is 11.6. The van der Waals surface area contributed by atoms with Crippen LogP contribution in [0.1, 0.15) is 43.1 Å². The number of carbonyl (C=O) groups excluding carboxylic acids is 1. The lowest BCUT2D eigenvalue weighted by Gasteiger charge is -2.44. The van der Waals surface area contributed by atoms with Crippen LogP contribution in [0.3, 0.4) is 0 Å². The van der Waals surface area contributed by atoms with E-state index in [0.717, 1.165) is 63.3 Å². The van der Waals surface area contributed by atoms with E-state index in [1.807, 2.05) is 15.5 Å². The average Bonchev–Trinajstić information content (AvgIpc) is 3.36. The lowest BCUT2D eigenvalue weighted by Crippen LogP contribution is -2.55. The van der Waals surface area contributed by atoms with Crippen LogP contribution in [-0.2, 0) is 0 Å². The Morgan fingerprint density at radius 3 is 2.52 bits per heavy atom. The Bertz CT molecular complexity index is 951. The molecular formula is C23H34N6O2. The Hall–Kier alpha value is -2.03. The summed E-state index contributed by atoms with van der Waals surface area (Å²) in [6.07, 6.45) is 4.96. The van der Waals surface area contributed by atoms with E-state index in [9.17, 15) is 9.90 Å². The van der Waals surface area contributed by atoms with E-state index >= 15 is 0 Å². The van der Waals surface area contributed by atoms with Crippen molar-refractivity contribution >= 4 is 17.1 Å². The lowest BCUT2D eigenvalue weighted by molar-refractivity contribution is -0.0249. The number of piperazine rings is 1. The minimum absolute atomic E-state index is 0.0357. The van der Waals surface area contributed by atoms with Crippen LogP contribution < -0.4 is 0 Å². The molecule has 0 unspecified atom stereocenters. The van der Waals surface area contributed by atoms with Crippen molar-refractivity contribution in [2.75, 3.05) is 46.3 Å². The van der Waals surface area contributed by atoms with Crippen LogP contribution in [0.25, 0.3) is 11.2 Å². The molecule has 0 bridgehead atoms. The Kier molecular flexibility index (Phi) is 5.48. The molecule has 2 aromatic heterocycles. The molecule has 0 radical (unpaired) electrons. The van der Waals surface area contributed by atoms with E-state index in [1.165, 1.54) is 0 Å². The van der Waals surface area contributed by atoms with Gasteiger partial charge in [-0.15, -0.1) is 0 Å². The highest BCUT2D eigenvalue weighted by Gasteiger charge is 2.45. The van der Waals surface area contributed by atoms with Crippen molar-refractivity contribution in [2.45, 2.75) is 44.9 Å². The fourth-order valence-electron chi connectivity index (χ4n) is 5.72. The molecule has 5 rings (SSSR count). The molecule has 1 N–H and O–H groups in total. The second-order valence-corrected chi connectivity index (χ2v) is 9.99. The van der Waals surface area contributed by atoms with Crippen molar-refractivity contribution < 1.29 is 9.90 Å². The standard InChI is InChI=1S/C23H34N6O2/c1-15(2)29-14-25-19-8-16(11-24-22(19)29)23(31)28-12-17-9-20(21(30)10-18(17)13-28)27-6-4-26(3)5-7-27/h8,11,14-15,17-18,20-21,30H,4-7,9-10,12-13H2,1-3H3/t17-,18+,20-,21-/m1/s1. The number of aromatic nitrogens is 3. The van der Waals surface area contributed by atoms with E-state index in [0.29, 0.717) is 17.4 Å². The second-order valence-electron chi connectivity index (χ2n) is 9.99. The summed E-state index contributed by atoms with van der Waals surface area (Å²) in [5, 5.41) is 10.9. The number of nitrogens with zero attached hydrogens (tertiary/aromatic N) is 6. The molecule has 2 saturated heterocycles. The van der Waals surface area contributed by atoms with Crippen molar-refractivity contribution in [3.63, 3.8) is 0 Å². The second kappa shape index (κ2) is 8.15. The van der Waals surface area contributed by atoms with Gasteiger partial charge in [-0.05, 0) is 51.6 Å². The number of fused-ring (bicyclic) bond motifs is 2. The van der Waals surface area contributed by atoms with Gasteiger partial charge in [0.1, 0.15) is 5.52 Å². The third kappa shape index (κ3) is 3.85. The van der Waals surface area contributed by atoms with Crippen LogP contribution in [0.15, 0.2) is 18.6 Å². The van der Waals surface area contributed by atoms with Crippen molar-refractivity contribution in [1.82, 2.24) is 29.2 Å². The summed E-state index contributed by atoms with van der Waals surface area (Å²) in [4.78, 5) is 29.0. The number of aliphatic hydroxyl groups is 1. The minimum Gasteiger partial charge on any atom is -0.391 e. The molecule has 2 aromatic rings. The molecule has 4 heterocycles. The van der Waals surface area contributed by atoms with E-state index in [-0.39, 0.29) is 24.1 Å². The number of carbonyl (C=O) groups is 1. The minimum atomic E-state index is -0.294. The van der Waals surface area contributed by atoms with Crippen LogP contribution in [-0.4, -0.2) is 98.7 Å². The molecule has 3 fully saturated rings. The molecule has 1 saturated carbocycles. The van der Waals surface area contributed by atoms with Crippen LogP contribution in [0.4, 0.5) is 0 Å². The molecule has 8 nitrogen and oxygen atoms in total. The number of hydrogen-bond donors (Lipinski definition) is 1. The molecule has 3 aliphatic rings. The SMILES string of the molecule is CC(C)n1cnc2cc(C(=O)N3C[C@H]4C[C@@H](N5CCN(C)CC5)[C@H](O)C[C@H]4C3)cnc21. The third-order valence-corrected chi connectivity index (χ3v) is 7.62. The van der Waals surface area contributed by atoms with Gasteiger partial charge in [0, 0.05) is 57.5 Å². The number of amides is 1. The Labute approximate surface area is 183 Å². The maximum atomic E-state index is 13.2. The summed E-state index contributed by atoms with van der Waals surface area (Å²) >= 11 is 0. The number of rotatable bonds is 3. The topological polar surface area (TPSA) is 77.7 Å². The highest BCUT2D eigenvalue weighted by Crippen LogP contribution is 2.39. The van der Waals surface area contributed by atoms with Gasteiger partial charge in [-0.25, -0.2) is 9.97 Å². The van der Waals surface area contributed by atoms with Gasteiger partial charge in [0.25, 0.3) is 5.91 Å². The molecule has 0 spiro atoms. The number of imidazole rings is 1. The van der Waals surface area contributed by atoms with E-state index in [2.05, 4.69) is 40.7 Å². The number of aliphatic hydroxyl groups excluding tert-OH is 1. The fourth-order valence-corrected chi connectivity index (χ4v) is 5.72. The molecule has 4 atom stereocenters. The summed E-state index contributed by atoms with van der Waals surface area (Å²) in [5.74, 6) is 0.891. The molecule has 2 aliphatic heterocycles. The molecule has 168 valence electrons. The van der Waals surface area contributed by atoms with Crippen molar-refractivity contribution in [1.29, 1.82) is 0 Å². The summed E-state index contributed by atoms with van der Waals surface area (Å²) in [6.45, 7) is 9.86. The van der Waals surface area contributed by atoms with Gasteiger partial charge >= 0.3 is 0 Å². The van der Waals surface area contributed by atoms with Crippen LogP contribution >= 0.6 is 0 Å². The largest absolute Gasteiger partial charge is 0.391 e. The van der Waals surface area contributed by atoms with Gasteiger partial charge in [0.05, 0.1) is 18.0 Å². The van der Waals surface area contributed by atoms with Gasteiger partial charge in [-0.2, -0.15) is 0 Å². The molecule has 1 amide bonds. The monoisotopic (exact) mass is 426 g/mol.